The predicted molar refractivity (Wildman–Crippen MR) is 96.5 cm³/mol. The molecule has 134 valence electrons. The molecule has 0 saturated carbocycles. The van der Waals surface area contributed by atoms with E-state index in [2.05, 4.69) is 15.3 Å². The van der Waals surface area contributed by atoms with E-state index >= 15 is 0 Å². The molecule has 2 aromatic rings. The summed E-state index contributed by atoms with van der Waals surface area (Å²) in [6.07, 6.45) is 6.01. The van der Waals surface area contributed by atoms with Gasteiger partial charge in [0.15, 0.2) is 0 Å². The van der Waals surface area contributed by atoms with Crippen molar-refractivity contribution in [3.63, 3.8) is 0 Å². The molecule has 1 saturated heterocycles. The van der Waals surface area contributed by atoms with Gasteiger partial charge in [-0.1, -0.05) is 12.1 Å². The van der Waals surface area contributed by atoms with Crippen LogP contribution in [0.1, 0.15) is 18.4 Å². The summed E-state index contributed by atoms with van der Waals surface area (Å²) in [5, 5.41) is 7.21. The number of carbonyl (C=O) groups is 1. The topological polar surface area (TPSA) is 59.4 Å². The molecular weight excluding hydrogens is 316 g/mol. The van der Waals surface area contributed by atoms with Crippen molar-refractivity contribution in [3.05, 3.63) is 48.3 Å². The number of hydrogen-bond acceptors (Lipinski definition) is 4. The van der Waals surface area contributed by atoms with Gasteiger partial charge in [0.2, 0.25) is 5.91 Å². The number of nitrogens with one attached hydrogen (secondary N) is 1. The second-order valence-corrected chi connectivity index (χ2v) is 6.51. The Morgan fingerprint density at radius 1 is 1.40 bits per heavy atom. The van der Waals surface area contributed by atoms with Gasteiger partial charge in [0.05, 0.1) is 19.6 Å². The molecule has 25 heavy (non-hydrogen) atoms. The van der Waals surface area contributed by atoms with E-state index in [1.54, 1.807) is 6.20 Å². The smallest absolute Gasteiger partial charge is 0.234 e. The van der Waals surface area contributed by atoms with Crippen molar-refractivity contribution in [1.82, 2.24) is 20.0 Å². The quantitative estimate of drug-likeness (QED) is 0.744. The minimum Gasteiger partial charge on any atom is -0.492 e. The molecule has 1 aliphatic rings. The molecule has 0 aliphatic carbocycles. The summed E-state index contributed by atoms with van der Waals surface area (Å²) in [6.45, 7) is 5.28. The molecule has 1 aromatic carbocycles. The number of rotatable bonds is 8. The normalized spacial score (nSPS) is 17.6. The zero-order chi connectivity index (χ0) is 17.5. The van der Waals surface area contributed by atoms with Gasteiger partial charge in [-0.2, -0.15) is 5.10 Å². The molecule has 1 N–H and O–H groups in total. The lowest BCUT2D eigenvalue weighted by molar-refractivity contribution is -0.122. The van der Waals surface area contributed by atoms with Crippen molar-refractivity contribution in [2.45, 2.75) is 32.4 Å². The number of hydrogen-bond donors (Lipinski definition) is 1. The van der Waals surface area contributed by atoms with Gasteiger partial charge < -0.3 is 10.1 Å². The molecule has 0 spiro atoms. The number of benzene rings is 1. The third-order valence-electron chi connectivity index (χ3n) is 4.49. The van der Waals surface area contributed by atoms with E-state index < -0.39 is 0 Å². The highest BCUT2D eigenvalue weighted by Crippen LogP contribution is 2.18. The van der Waals surface area contributed by atoms with Crippen LogP contribution in [-0.4, -0.2) is 52.9 Å². The SMILES string of the molecule is Cc1cccc(OCCNC(=O)CN2CCCC2Cn2cccn2)c1. The van der Waals surface area contributed by atoms with Crippen LogP contribution in [-0.2, 0) is 11.3 Å². The first-order valence-corrected chi connectivity index (χ1v) is 8.88. The van der Waals surface area contributed by atoms with Gasteiger partial charge in [-0.3, -0.25) is 14.4 Å². The summed E-state index contributed by atoms with van der Waals surface area (Å²) in [5.74, 6) is 0.897. The number of amides is 1. The maximum Gasteiger partial charge on any atom is 0.234 e. The van der Waals surface area contributed by atoms with Crippen molar-refractivity contribution < 1.29 is 9.53 Å². The summed E-state index contributed by atoms with van der Waals surface area (Å²) in [6, 6.07) is 10.2. The van der Waals surface area contributed by atoms with Gasteiger partial charge in [0, 0.05) is 18.4 Å². The Kier molecular flexibility index (Phi) is 6.06. The number of likely N-dealkylation sites (tertiary alicyclic amines) is 1. The second-order valence-electron chi connectivity index (χ2n) is 6.51. The molecule has 6 nitrogen and oxygen atoms in total. The number of nitrogens with zero attached hydrogens (tertiary/aromatic N) is 3. The minimum absolute atomic E-state index is 0.0557. The molecule has 1 atom stereocenters. The summed E-state index contributed by atoms with van der Waals surface area (Å²) >= 11 is 0. The van der Waals surface area contributed by atoms with Crippen molar-refractivity contribution in [2.24, 2.45) is 0 Å². The Hall–Kier alpha value is -2.34. The maximum absolute atomic E-state index is 12.2. The Labute approximate surface area is 148 Å². The lowest BCUT2D eigenvalue weighted by atomic mass is 10.2. The predicted octanol–water partition coefficient (Wildman–Crippen LogP) is 1.85. The van der Waals surface area contributed by atoms with Crippen LogP contribution in [0, 0.1) is 6.92 Å². The van der Waals surface area contributed by atoms with E-state index in [0.717, 1.165) is 31.7 Å². The zero-order valence-electron chi connectivity index (χ0n) is 14.7. The highest BCUT2D eigenvalue weighted by Gasteiger charge is 2.26. The van der Waals surface area contributed by atoms with Gasteiger partial charge >= 0.3 is 0 Å². The second kappa shape index (κ2) is 8.67. The number of aromatic nitrogens is 2. The number of ether oxygens (including phenoxy) is 1. The standard InChI is InChI=1S/C19H26N4O2/c1-16-5-2-7-18(13-16)25-12-9-20-19(24)15-22-10-3-6-17(22)14-23-11-4-8-21-23/h2,4-5,7-8,11,13,17H,3,6,9-10,12,14-15H2,1H3,(H,20,24). The molecule has 3 rings (SSSR count). The van der Waals surface area contributed by atoms with E-state index in [9.17, 15) is 4.79 Å². The van der Waals surface area contributed by atoms with Crippen LogP contribution in [0.25, 0.3) is 0 Å². The average Bonchev–Trinajstić information content (AvgIpc) is 3.25. The minimum atomic E-state index is 0.0557. The largest absolute Gasteiger partial charge is 0.492 e. The van der Waals surface area contributed by atoms with Crippen LogP contribution in [0.2, 0.25) is 0 Å². The van der Waals surface area contributed by atoms with Crippen LogP contribution in [0.4, 0.5) is 0 Å². The third-order valence-corrected chi connectivity index (χ3v) is 4.49. The average molecular weight is 342 g/mol. The van der Waals surface area contributed by atoms with Crippen LogP contribution in [0.5, 0.6) is 5.75 Å². The van der Waals surface area contributed by atoms with Crippen molar-refractivity contribution in [3.8, 4) is 5.75 Å². The fourth-order valence-corrected chi connectivity index (χ4v) is 3.24. The van der Waals surface area contributed by atoms with E-state index in [0.29, 0.717) is 25.7 Å². The van der Waals surface area contributed by atoms with Gasteiger partial charge in [0.25, 0.3) is 0 Å². The number of aryl methyl sites for hydroxylation is 1. The molecule has 6 heteroatoms. The Balaban J connectivity index is 1.37. The maximum atomic E-state index is 12.2. The van der Waals surface area contributed by atoms with Gasteiger partial charge in [-0.15, -0.1) is 0 Å². The lowest BCUT2D eigenvalue weighted by Gasteiger charge is -2.23. The van der Waals surface area contributed by atoms with E-state index in [4.69, 9.17) is 4.74 Å². The zero-order valence-corrected chi connectivity index (χ0v) is 14.7. The first-order valence-electron chi connectivity index (χ1n) is 8.88. The van der Waals surface area contributed by atoms with E-state index in [1.165, 1.54) is 5.56 Å². The van der Waals surface area contributed by atoms with Gasteiger partial charge in [-0.25, -0.2) is 0 Å². The summed E-state index contributed by atoms with van der Waals surface area (Å²) in [7, 11) is 0. The highest BCUT2D eigenvalue weighted by atomic mass is 16.5. The van der Waals surface area contributed by atoms with Crippen molar-refractivity contribution >= 4 is 5.91 Å². The fraction of sp³-hybridized carbons (Fsp3) is 0.474. The van der Waals surface area contributed by atoms with Crippen molar-refractivity contribution in [2.75, 3.05) is 26.2 Å². The molecule has 1 amide bonds. The van der Waals surface area contributed by atoms with E-state index in [1.807, 2.05) is 48.1 Å². The summed E-state index contributed by atoms with van der Waals surface area (Å²) < 4.78 is 7.60. The summed E-state index contributed by atoms with van der Waals surface area (Å²) in [4.78, 5) is 14.4. The Bertz CT molecular complexity index is 672. The molecule has 1 unspecified atom stereocenters. The molecule has 0 radical (unpaired) electrons. The molecule has 1 aliphatic heterocycles. The third kappa shape index (κ3) is 5.32. The molecule has 2 heterocycles. The van der Waals surface area contributed by atoms with Crippen LogP contribution in [0.3, 0.4) is 0 Å². The Morgan fingerprint density at radius 3 is 3.12 bits per heavy atom. The van der Waals surface area contributed by atoms with Gasteiger partial charge in [0.1, 0.15) is 12.4 Å². The monoisotopic (exact) mass is 342 g/mol. The lowest BCUT2D eigenvalue weighted by Crippen LogP contribution is -2.42. The van der Waals surface area contributed by atoms with Crippen LogP contribution < -0.4 is 10.1 Å². The number of carbonyl (C=O) groups excluding carboxylic acids is 1. The van der Waals surface area contributed by atoms with Crippen LogP contribution in [0.15, 0.2) is 42.7 Å². The Morgan fingerprint density at radius 2 is 2.32 bits per heavy atom. The fourth-order valence-electron chi connectivity index (χ4n) is 3.24. The molecular formula is C19H26N4O2. The first kappa shape index (κ1) is 17.5. The highest BCUT2D eigenvalue weighted by molar-refractivity contribution is 5.78. The first-order chi connectivity index (χ1) is 12.2. The van der Waals surface area contributed by atoms with E-state index in [-0.39, 0.29) is 5.91 Å². The molecule has 1 fully saturated rings. The van der Waals surface area contributed by atoms with Gasteiger partial charge in [-0.05, 0) is 50.1 Å². The van der Waals surface area contributed by atoms with Crippen molar-refractivity contribution in [1.29, 1.82) is 0 Å². The van der Waals surface area contributed by atoms with Crippen LogP contribution >= 0.6 is 0 Å². The molecule has 0 bridgehead atoms. The molecule has 1 aromatic heterocycles. The summed E-state index contributed by atoms with van der Waals surface area (Å²) in [5.41, 5.74) is 1.17.